The molecule has 2 aromatic rings. The highest BCUT2D eigenvalue weighted by atomic mass is 16.3. The minimum Gasteiger partial charge on any atom is -0.394 e. The fourth-order valence-corrected chi connectivity index (χ4v) is 5.01. The summed E-state index contributed by atoms with van der Waals surface area (Å²) in [5.74, 6) is 0.225. The first kappa shape index (κ1) is 18.3. The van der Waals surface area contributed by atoms with E-state index < -0.39 is 0 Å². The van der Waals surface area contributed by atoms with Crippen molar-refractivity contribution in [3.05, 3.63) is 54.4 Å². The van der Waals surface area contributed by atoms with Gasteiger partial charge in [-0.05, 0) is 35.6 Å². The van der Waals surface area contributed by atoms with E-state index in [9.17, 15) is 14.7 Å². The Kier molecular flexibility index (Phi) is 4.59. The number of aromatic nitrogens is 1. The Balaban J connectivity index is 1.37. The van der Waals surface area contributed by atoms with Crippen LogP contribution in [0.2, 0.25) is 0 Å². The summed E-state index contributed by atoms with van der Waals surface area (Å²) in [7, 11) is 0. The van der Waals surface area contributed by atoms with Crippen LogP contribution in [-0.4, -0.2) is 63.5 Å². The van der Waals surface area contributed by atoms with Crippen LogP contribution in [0, 0.1) is 5.92 Å². The Hall–Kier alpha value is -2.73. The molecule has 29 heavy (non-hydrogen) atoms. The topological polar surface area (TPSA) is 73.7 Å². The van der Waals surface area contributed by atoms with Crippen LogP contribution in [0.15, 0.2) is 48.8 Å². The van der Waals surface area contributed by atoms with Crippen molar-refractivity contribution in [3.63, 3.8) is 0 Å². The molecule has 1 N–H and O–H groups in total. The number of carbonyl (C=O) groups excluding carboxylic acids is 2. The van der Waals surface area contributed by atoms with Gasteiger partial charge in [0.05, 0.1) is 25.2 Å². The number of benzene rings is 1. The SMILES string of the molecule is O=C(C1CCC1)N1CC(=O)N2[C@H](C1)[C@@H](c1ccc(-c3cccnc3)cc1)[C@@H]2CO. The molecule has 0 unspecified atom stereocenters. The maximum absolute atomic E-state index is 12.7. The number of amides is 2. The predicted molar refractivity (Wildman–Crippen MR) is 108 cm³/mol. The van der Waals surface area contributed by atoms with Gasteiger partial charge >= 0.3 is 0 Å². The molecule has 2 aliphatic heterocycles. The molecule has 6 nitrogen and oxygen atoms in total. The molecule has 3 atom stereocenters. The van der Waals surface area contributed by atoms with E-state index in [-0.39, 0.29) is 48.9 Å². The van der Waals surface area contributed by atoms with Gasteiger partial charge < -0.3 is 14.9 Å². The molecule has 1 aliphatic carbocycles. The number of nitrogens with zero attached hydrogens (tertiary/aromatic N) is 3. The van der Waals surface area contributed by atoms with Crippen LogP contribution in [-0.2, 0) is 9.59 Å². The largest absolute Gasteiger partial charge is 0.394 e. The number of hydrogen-bond donors (Lipinski definition) is 1. The van der Waals surface area contributed by atoms with E-state index in [1.54, 1.807) is 16.0 Å². The second-order valence-corrected chi connectivity index (χ2v) is 8.35. The molecule has 2 saturated heterocycles. The third-order valence-electron chi connectivity index (χ3n) is 6.81. The van der Waals surface area contributed by atoms with Crippen LogP contribution >= 0.6 is 0 Å². The van der Waals surface area contributed by atoms with E-state index in [4.69, 9.17) is 0 Å². The van der Waals surface area contributed by atoms with Gasteiger partial charge in [-0.3, -0.25) is 14.6 Å². The van der Waals surface area contributed by atoms with Crippen LogP contribution in [0.5, 0.6) is 0 Å². The average molecular weight is 391 g/mol. The number of carbonyl (C=O) groups is 2. The zero-order valence-electron chi connectivity index (χ0n) is 16.3. The summed E-state index contributed by atoms with van der Waals surface area (Å²) in [5.41, 5.74) is 3.24. The van der Waals surface area contributed by atoms with Gasteiger partial charge in [-0.15, -0.1) is 0 Å². The number of pyridine rings is 1. The van der Waals surface area contributed by atoms with Gasteiger partial charge in [0, 0.05) is 30.8 Å². The summed E-state index contributed by atoms with van der Waals surface area (Å²) in [6, 6.07) is 11.9. The monoisotopic (exact) mass is 391 g/mol. The summed E-state index contributed by atoms with van der Waals surface area (Å²) in [6.07, 6.45) is 6.57. The van der Waals surface area contributed by atoms with Crippen LogP contribution < -0.4 is 0 Å². The van der Waals surface area contributed by atoms with Gasteiger partial charge in [-0.25, -0.2) is 0 Å². The normalized spacial score (nSPS) is 26.5. The molecule has 3 fully saturated rings. The van der Waals surface area contributed by atoms with Crippen LogP contribution in [0.25, 0.3) is 11.1 Å². The van der Waals surface area contributed by atoms with E-state index in [1.807, 2.05) is 18.3 Å². The molecular formula is C23H25N3O3. The van der Waals surface area contributed by atoms with Crippen molar-refractivity contribution in [1.29, 1.82) is 0 Å². The van der Waals surface area contributed by atoms with Crippen molar-refractivity contribution in [2.24, 2.45) is 5.92 Å². The smallest absolute Gasteiger partial charge is 0.242 e. The van der Waals surface area contributed by atoms with Crippen molar-refractivity contribution >= 4 is 11.8 Å². The lowest BCUT2D eigenvalue weighted by molar-refractivity contribution is -0.169. The van der Waals surface area contributed by atoms with Crippen molar-refractivity contribution in [2.75, 3.05) is 19.7 Å². The molecule has 1 saturated carbocycles. The average Bonchev–Trinajstić information content (AvgIpc) is 2.69. The summed E-state index contributed by atoms with van der Waals surface area (Å²) in [6.45, 7) is 0.648. The lowest BCUT2D eigenvalue weighted by atomic mass is 9.73. The Bertz CT molecular complexity index is 911. The van der Waals surface area contributed by atoms with Gasteiger partial charge in [0.2, 0.25) is 11.8 Å². The highest BCUT2D eigenvalue weighted by Gasteiger charge is 2.54. The molecular weight excluding hydrogens is 366 g/mol. The highest BCUT2D eigenvalue weighted by molar-refractivity contribution is 5.89. The molecule has 1 aromatic carbocycles. The Morgan fingerprint density at radius 2 is 1.93 bits per heavy atom. The Labute approximate surface area is 170 Å². The molecule has 3 heterocycles. The summed E-state index contributed by atoms with van der Waals surface area (Å²) in [4.78, 5) is 33.1. The molecule has 0 radical (unpaired) electrons. The van der Waals surface area contributed by atoms with E-state index in [1.165, 1.54) is 0 Å². The maximum Gasteiger partial charge on any atom is 0.242 e. The van der Waals surface area contributed by atoms with E-state index >= 15 is 0 Å². The van der Waals surface area contributed by atoms with Crippen molar-refractivity contribution in [3.8, 4) is 11.1 Å². The van der Waals surface area contributed by atoms with Crippen LogP contribution in [0.4, 0.5) is 0 Å². The first-order valence-corrected chi connectivity index (χ1v) is 10.4. The van der Waals surface area contributed by atoms with Gasteiger partial charge in [0.1, 0.15) is 0 Å². The zero-order chi connectivity index (χ0) is 20.0. The molecule has 150 valence electrons. The van der Waals surface area contributed by atoms with E-state index in [0.29, 0.717) is 6.54 Å². The minimum absolute atomic E-state index is 0.0452. The van der Waals surface area contributed by atoms with Gasteiger partial charge in [-0.1, -0.05) is 36.8 Å². The van der Waals surface area contributed by atoms with Gasteiger partial charge in [0.25, 0.3) is 0 Å². The summed E-state index contributed by atoms with van der Waals surface area (Å²) >= 11 is 0. The summed E-state index contributed by atoms with van der Waals surface area (Å²) in [5, 5.41) is 9.93. The van der Waals surface area contributed by atoms with Crippen molar-refractivity contribution < 1.29 is 14.7 Å². The van der Waals surface area contributed by atoms with E-state index in [0.717, 1.165) is 36.0 Å². The summed E-state index contributed by atoms with van der Waals surface area (Å²) < 4.78 is 0. The number of aliphatic hydroxyl groups is 1. The fourth-order valence-electron chi connectivity index (χ4n) is 5.01. The molecule has 0 spiro atoms. The third kappa shape index (κ3) is 3.02. The lowest BCUT2D eigenvalue weighted by Gasteiger charge is -2.59. The molecule has 2 amide bonds. The van der Waals surface area contributed by atoms with E-state index in [2.05, 4.69) is 29.2 Å². The molecule has 5 rings (SSSR count). The zero-order valence-corrected chi connectivity index (χ0v) is 16.3. The maximum atomic E-state index is 12.7. The minimum atomic E-state index is -0.210. The first-order chi connectivity index (χ1) is 14.2. The predicted octanol–water partition coefficient (Wildman–Crippen LogP) is 2.05. The number of fused-ring (bicyclic) bond motifs is 1. The molecule has 0 bridgehead atoms. The second-order valence-electron chi connectivity index (χ2n) is 8.35. The number of hydrogen-bond acceptors (Lipinski definition) is 4. The van der Waals surface area contributed by atoms with Crippen LogP contribution in [0.1, 0.15) is 30.7 Å². The van der Waals surface area contributed by atoms with Gasteiger partial charge in [0.15, 0.2) is 0 Å². The van der Waals surface area contributed by atoms with Crippen molar-refractivity contribution in [1.82, 2.24) is 14.8 Å². The quantitative estimate of drug-likeness (QED) is 0.866. The number of aliphatic hydroxyl groups excluding tert-OH is 1. The van der Waals surface area contributed by atoms with Crippen LogP contribution in [0.3, 0.4) is 0 Å². The molecule has 1 aromatic heterocycles. The highest BCUT2D eigenvalue weighted by Crippen LogP contribution is 2.43. The Morgan fingerprint density at radius 1 is 1.14 bits per heavy atom. The fraction of sp³-hybridized carbons (Fsp3) is 0.435. The van der Waals surface area contributed by atoms with Crippen molar-refractivity contribution in [2.45, 2.75) is 37.3 Å². The lowest BCUT2D eigenvalue weighted by Crippen LogP contribution is -2.73. The second kappa shape index (κ2) is 7.26. The van der Waals surface area contributed by atoms with Gasteiger partial charge in [-0.2, -0.15) is 0 Å². The Morgan fingerprint density at radius 3 is 2.55 bits per heavy atom. The number of piperazine rings is 1. The first-order valence-electron chi connectivity index (χ1n) is 10.4. The third-order valence-corrected chi connectivity index (χ3v) is 6.81. The number of rotatable bonds is 4. The molecule has 3 aliphatic rings. The molecule has 6 heteroatoms. The standard InChI is InChI=1S/C23H25N3O3/c27-14-20-22(16-8-6-15(7-9-16)18-5-2-10-24-11-18)19-12-25(13-21(28)26(19)20)23(29)17-3-1-4-17/h2,5-11,17,19-20,22,27H,1,3-4,12-14H2/t19-,20+,22-/m1/s1.